The second-order valence-corrected chi connectivity index (χ2v) is 21.9. The van der Waals surface area contributed by atoms with Crippen LogP contribution in [0.15, 0.2) is 24.3 Å². The van der Waals surface area contributed by atoms with Gasteiger partial charge in [-0.15, -0.1) is 0 Å². The van der Waals surface area contributed by atoms with Gasteiger partial charge in [0, 0.05) is 12.8 Å². The fraction of sp³-hybridized carbons (Fsp3) is 0.893. The minimum absolute atomic E-state index is 0.0197. The SMILES string of the molecule is CCCCCC/C=C\CCCCCCCCCC(=O)OC(/C=C/CCCCCCCCCCCC)C(COP(=O)([O-])OCC[N+](C)(C)C)NC(=O)CCCCCCCCCCCCCCC. The van der Waals surface area contributed by atoms with Crippen LogP contribution >= 0.6 is 7.82 Å². The van der Waals surface area contributed by atoms with Crippen LogP contribution in [-0.4, -0.2) is 69.4 Å². The van der Waals surface area contributed by atoms with Crippen LogP contribution in [0.3, 0.4) is 0 Å². The molecule has 1 amide bonds. The van der Waals surface area contributed by atoms with Crippen LogP contribution < -0.4 is 10.2 Å². The number of likely N-dealkylation sites (N-methyl/N-ethyl adjacent to an activating group) is 1. The third-order valence-electron chi connectivity index (χ3n) is 12.6. The maximum absolute atomic E-state index is 13.4. The van der Waals surface area contributed by atoms with E-state index < -0.39 is 20.0 Å². The number of carbonyl (C=O) groups excluding carboxylic acids is 2. The first-order valence-electron chi connectivity index (χ1n) is 28.1. The molecule has 0 aliphatic carbocycles. The fourth-order valence-corrected chi connectivity index (χ4v) is 8.95. The Bertz CT molecular complexity index is 1190. The molecule has 0 heterocycles. The van der Waals surface area contributed by atoms with E-state index in [4.69, 9.17) is 13.8 Å². The quantitative estimate of drug-likeness (QED) is 0.0212. The van der Waals surface area contributed by atoms with Crippen molar-refractivity contribution in [2.24, 2.45) is 0 Å². The third kappa shape index (κ3) is 47.6. The molecule has 0 fully saturated rings. The van der Waals surface area contributed by atoms with Crippen molar-refractivity contribution >= 4 is 19.7 Å². The highest BCUT2D eigenvalue weighted by atomic mass is 31.2. The van der Waals surface area contributed by atoms with Gasteiger partial charge in [-0.25, -0.2) is 0 Å². The first-order chi connectivity index (χ1) is 31.9. The highest BCUT2D eigenvalue weighted by Crippen LogP contribution is 2.38. The molecule has 0 rings (SSSR count). The van der Waals surface area contributed by atoms with Crippen molar-refractivity contribution in [1.82, 2.24) is 5.32 Å². The van der Waals surface area contributed by atoms with Crippen molar-refractivity contribution in [3.8, 4) is 0 Å². The lowest BCUT2D eigenvalue weighted by molar-refractivity contribution is -0.870. The van der Waals surface area contributed by atoms with E-state index >= 15 is 0 Å². The summed E-state index contributed by atoms with van der Waals surface area (Å²) >= 11 is 0. The van der Waals surface area contributed by atoms with Crippen molar-refractivity contribution in [3.05, 3.63) is 24.3 Å². The van der Waals surface area contributed by atoms with E-state index in [0.29, 0.717) is 17.4 Å². The lowest BCUT2D eigenvalue weighted by Crippen LogP contribution is -2.47. The van der Waals surface area contributed by atoms with Crippen LogP contribution in [0.2, 0.25) is 0 Å². The predicted molar refractivity (Wildman–Crippen MR) is 280 cm³/mol. The van der Waals surface area contributed by atoms with Gasteiger partial charge in [0.05, 0.1) is 33.8 Å². The first kappa shape index (κ1) is 64.5. The number of amides is 1. The Morgan fingerprint density at radius 1 is 0.515 bits per heavy atom. The molecule has 10 heteroatoms. The number of unbranched alkanes of at least 4 members (excludes halogenated alkanes) is 33. The molecule has 3 atom stereocenters. The molecule has 0 radical (unpaired) electrons. The highest BCUT2D eigenvalue weighted by Gasteiger charge is 2.27. The first-order valence-corrected chi connectivity index (χ1v) is 29.6. The summed E-state index contributed by atoms with van der Waals surface area (Å²) in [6, 6.07) is -0.882. The average Bonchev–Trinajstić information content (AvgIpc) is 3.27. The molecule has 9 nitrogen and oxygen atoms in total. The normalized spacial score (nSPS) is 14.0. The standard InChI is InChI=1S/C56H109N2O7P/c1-7-10-13-16-19-22-25-28-29-31-34-37-40-43-46-49-56(60)65-54(47-44-41-38-35-32-27-24-21-18-15-12-9-3)53(52-64-66(61,62)63-51-50-58(4,5)6)57-55(59)48-45-42-39-36-33-30-26-23-20-17-14-11-8-2/h22,25,44,47,53-54H,7-21,23-24,26-43,45-46,48-52H2,1-6H3,(H-,57,59,61,62)/b25-22-,47-44+. The summed E-state index contributed by atoms with van der Waals surface area (Å²) in [5.41, 5.74) is 0. The number of quaternary nitrogens is 1. The van der Waals surface area contributed by atoms with Crippen LogP contribution in [0.5, 0.6) is 0 Å². The number of ether oxygens (including phenoxy) is 1. The summed E-state index contributed by atoms with van der Waals surface area (Å²) in [5, 5.41) is 3.02. The predicted octanol–water partition coefficient (Wildman–Crippen LogP) is 16.0. The smallest absolute Gasteiger partial charge is 0.306 e. The molecule has 0 aromatic heterocycles. The largest absolute Gasteiger partial charge is 0.756 e. The van der Waals surface area contributed by atoms with Crippen molar-refractivity contribution in [2.45, 2.75) is 283 Å². The Morgan fingerprint density at radius 2 is 0.879 bits per heavy atom. The van der Waals surface area contributed by atoms with Crippen LogP contribution in [0.25, 0.3) is 0 Å². The molecule has 0 saturated heterocycles. The van der Waals surface area contributed by atoms with E-state index in [0.717, 1.165) is 70.6 Å². The van der Waals surface area contributed by atoms with Gasteiger partial charge in [0.25, 0.3) is 7.82 Å². The number of nitrogens with one attached hydrogen (secondary N) is 1. The lowest BCUT2D eigenvalue weighted by atomic mass is 10.0. The molecule has 0 aliphatic rings. The average molecular weight is 953 g/mol. The van der Waals surface area contributed by atoms with E-state index in [1.165, 1.54) is 167 Å². The van der Waals surface area contributed by atoms with E-state index in [9.17, 15) is 19.0 Å². The minimum atomic E-state index is -4.68. The zero-order chi connectivity index (χ0) is 48.7. The number of phosphoric acid groups is 1. The lowest BCUT2D eigenvalue weighted by Gasteiger charge is -2.30. The molecule has 0 saturated carbocycles. The van der Waals surface area contributed by atoms with Gasteiger partial charge in [-0.1, -0.05) is 225 Å². The van der Waals surface area contributed by atoms with Crippen LogP contribution in [-0.2, 0) is 27.9 Å². The number of esters is 1. The number of hydrogen-bond donors (Lipinski definition) is 1. The van der Waals surface area contributed by atoms with Crippen molar-refractivity contribution in [1.29, 1.82) is 0 Å². The number of hydrogen-bond acceptors (Lipinski definition) is 7. The van der Waals surface area contributed by atoms with Crippen LogP contribution in [0, 0.1) is 0 Å². The van der Waals surface area contributed by atoms with Crippen molar-refractivity contribution in [3.63, 3.8) is 0 Å². The topological polar surface area (TPSA) is 114 Å². The van der Waals surface area contributed by atoms with Gasteiger partial charge in [0.15, 0.2) is 0 Å². The molecule has 3 unspecified atom stereocenters. The van der Waals surface area contributed by atoms with E-state index in [1.807, 2.05) is 33.3 Å². The van der Waals surface area contributed by atoms with Crippen molar-refractivity contribution in [2.75, 3.05) is 40.9 Å². The van der Waals surface area contributed by atoms with Gasteiger partial charge in [-0.2, -0.15) is 0 Å². The third-order valence-corrected chi connectivity index (χ3v) is 13.6. The zero-order valence-electron chi connectivity index (χ0n) is 44.4. The molecular formula is C56H109N2O7P. The molecule has 66 heavy (non-hydrogen) atoms. The maximum atomic E-state index is 13.4. The van der Waals surface area contributed by atoms with Crippen LogP contribution in [0.1, 0.15) is 271 Å². The van der Waals surface area contributed by atoms with E-state index in [-0.39, 0.29) is 31.5 Å². The molecule has 0 aromatic carbocycles. The number of rotatable bonds is 51. The molecule has 0 aliphatic heterocycles. The molecule has 0 bridgehead atoms. The number of allylic oxidation sites excluding steroid dienone is 3. The Labute approximate surface area is 409 Å². The second kappa shape index (κ2) is 47.2. The fourth-order valence-electron chi connectivity index (χ4n) is 8.22. The van der Waals surface area contributed by atoms with Gasteiger partial charge in [0.2, 0.25) is 5.91 Å². The van der Waals surface area contributed by atoms with Gasteiger partial charge < -0.3 is 28.5 Å². The zero-order valence-corrected chi connectivity index (χ0v) is 45.3. The molecule has 390 valence electrons. The molecule has 0 spiro atoms. The Balaban J connectivity index is 5.36. The summed E-state index contributed by atoms with van der Waals surface area (Å²) in [6.07, 6.45) is 52.7. The second-order valence-electron chi connectivity index (χ2n) is 20.4. The Kier molecular flexibility index (Phi) is 46.1. The summed E-state index contributed by atoms with van der Waals surface area (Å²) in [6.45, 7) is 6.84. The summed E-state index contributed by atoms with van der Waals surface area (Å²) < 4.78 is 30.2. The van der Waals surface area contributed by atoms with Gasteiger partial charge >= 0.3 is 5.97 Å². The maximum Gasteiger partial charge on any atom is 0.306 e. The minimum Gasteiger partial charge on any atom is -0.756 e. The molecular weight excluding hydrogens is 844 g/mol. The van der Waals surface area contributed by atoms with Gasteiger partial charge in [0.1, 0.15) is 19.3 Å². The molecule has 1 N–H and O–H groups in total. The van der Waals surface area contributed by atoms with Gasteiger partial charge in [-0.05, 0) is 57.4 Å². The number of nitrogens with zero attached hydrogens (tertiary/aromatic N) is 1. The molecule has 0 aromatic rings. The van der Waals surface area contributed by atoms with Gasteiger partial charge in [-0.3, -0.25) is 14.2 Å². The highest BCUT2D eigenvalue weighted by molar-refractivity contribution is 7.45. The number of phosphoric ester groups is 1. The number of carbonyl (C=O) groups is 2. The summed E-state index contributed by atoms with van der Waals surface area (Å²) in [7, 11) is 1.19. The Hall–Kier alpha value is -1.51. The van der Waals surface area contributed by atoms with Crippen LogP contribution in [0.4, 0.5) is 0 Å². The summed E-state index contributed by atoms with van der Waals surface area (Å²) in [5.74, 6) is -0.536. The Morgan fingerprint density at radius 3 is 1.30 bits per heavy atom. The van der Waals surface area contributed by atoms with E-state index in [2.05, 4.69) is 38.2 Å². The van der Waals surface area contributed by atoms with E-state index in [1.54, 1.807) is 0 Å². The van der Waals surface area contributed by atoms with Crippen molar-refractivity contribution < 1.29 is 37.3 Å². The summed E-state index contributed by atoms with van der Waals surface area (Å²) in [4.78, 5) is 39.8. The monoisotopic (exact) mass is 953 g/mol.